The first-order valence-corrected chi connectivity index (χ1v) is 7.66. The summed E-state index contributed by atoms with van der Waals surface area (Å²) in [5, 5.41) is 0.956. The average molecular weight is 314 g/mol. The molecular formula is C13H20BrN3O. The molecule has 0 aromatic carbocycles. The van der Waals surface area contributed by atoms with E-state index in [9.17, 15) is 0 Å². The molecule has 2 unspecified atom stereocenters. The van der Waals surface area contributed by atoms with Gasteiger partial charge in [0.15, 0.2) is 0 Å². The van der Waals surface area contributed by atoms with E-state index in [0.29, 0.717) is 24.4 Å². The summed E-state index contributed by atoms with van der Waals surface area (Å²) in [6.07, 6.45) is 3.96. The molecule has 0 bridgehead atoms. The van der Waals surface area contributed by atoms with Crippen molar-refractivity contribution >= 4 is 21.9 Å². The highest BCUT2D eigenvalue weighted by Crippen LogP contribution is 2.29. The van der Waals surface area contributed by atoms with Gasteiger partial charge >= 0.3 is 0 Å². The lowest BCUT2D eigenvalue weighted by Crippen LogP contribution is -2.34. The number of nitrogens with zero attached hydrogens (tertiary/aromatic N) is 3. The summed E-state index contributed by atoms with van der Waals surface area (Å²) in [5.74, 6) is 2.14. The van der Waals surface area contributed by atoms with E-state index in [1.807, 2.05) is 6.07 Å². The second-order valence-corrected chi connectivity index (χ2v) is 5.37. The Hall–Kier alpha value is -0.840. The van der Waals surface area contributed by atoms with E-state index in [-0.39, 0.29) is 0 Å². The van der Waals surface area contributed by atoms with Crippen LogP contribution in [0.3, 0.4) is 0 Å². The number of hydrogen-bond acceptors (Lipinski definition) is 4. The number of aromatic nitrogens is 2. The maximum Gasteiger partial charge on any atom is 0.228 e. The number of alkyl halides is 1. The third kappa shape index (κ3) is 2.94. The Labute approximate surface area is 117 Å². The molecule has 2 atom stereocenters. The van der Waals surface area contributed by atoms with Crippen molar-refractivity contribution in [1.29, 1.82) is 0 Å². The molecule has 0 saturated carbocycles. The van der Waals surface area contributed by atoms with E-state index in [2.05, 4.69) is 44.6 Å². The molecule has 2 heterocycles. The minimum atomic E-state index is 0.478. The van der Waals surface area contributed by atoms with Crippen LogP contribution in [-0.2, 0) is 0 Å². The van der Waals surface area contributed by atoms with Crippen molar-refractivity contribution in [3.63, 3.8) is 0 Å². The van der Waals surface area contributed by atoms with Crippen molar-refractivity contribution < 1.29 is 4.74 Å². The zero-order valence-corrected chi connectivity index (χ0v) is 12.6. The van der Waals surface area contributed by atoms with Gasteiger partial charge in [-0.2, -0.15) is 4.98 Å². The van der Waals surface area contributed by atoms with Gasteiger partial charge in [0.25, 0.3) is 0 Å². The minimum Gasteiger partial charge on any atom is -0.478 e. The van der Waals surface area contributed by atoms with E-state index in [0.717, 1.165) is 24.2 Å². The number of halogens is 1. The van der Waals surface area contributed by atoms with E-state index < -0.39 is 0 Å². The van der Waals surface area contributed by atoms with Crippen molar-refractivity contribution in [1.82, 2.24) is 9.97 Å². The quantitative estimate of drug-likeness (QED) is 0.783. The summed E-state index contributed by atoms with van der Waals surface area (Å²) in [6.45, 7) is 6.10. The summed E-state index contributed by atoms with van der Waals surface area (Å²) in [5.41, 5.74) is 0. The van der Waals surface area contributed by atoms with Gasteiger partial charge in [-0.1, -0.05) is 29.8 Å². The molecule has 4 nitrogen and oxygen atoms in total. The number of ether oxygens (including phenoxy) is 1. The third-order valence-corrected chi connectivity index (χ3v) is 4.03. The summed E-state index contributed by atoms with van der Waals surface area (Å²) < 4.78 is 5.56. The fraction of sp³-hybridized carbons (Fsp3) is 0.692. The number of anilines is 1. The first-order valence-electron chi connectivity index (χ1n) is 6.54. The van der Waals surface area contributed by atoms with Crippen molar-refractivity contribution in [2.75, 3.05) is 23.4 Å². The van der Waals surface area contributed by atoms with Gasteiger partial charge in [-0.3, -0.25) is 0 Å². The molecule has 2 rings (SSSR count). The van der Waals surface area contributed by atoms with Crippen LogP contribution in [0.15, 0.2) is 12.3 Å². The molecule has 18 heavy (non-hydrogen) atoms. The van der Waals surface area contributed by atoms with Gasteiger partial charge in [0.1, 0.15) is 0 Å². The predicted molar refractivity (Wildman–Crippen MR) is 76.5 cm³/mol. The maximum absolute atomic E-state index is 5.56. The maximum atomic E-state index is 5.56. The lowest BCUT2D eigenvalue weighted by molar-refractivity contribution is 0.304. The van der Waals surface area contributed by atoms with Gasteiger partial charge in [0.2, 0.25) is 11.8 Å². The Kier molecular flexibility index (Phi) is 4.80. The van der Waals surface area contributed by atoms with E-state index >= 15 is 0 Å². The molecule has 100 valence electrons. The van der Waals surface area contributed by atoms with Crippen LogP contribution in [-0.4, -0.2) is 34.5 Å². The van der Waals surface area contributed by atoms with Gasteiger partial charge in [-0.15, -0.1) is 0 Å². The van der Waals surface area contributed by atoms with Crippen LogP contribution in [0.4, 0.5) is 5.95 Å². The zero-order chi connectivity index (χ0) is 13.0. The summed E-state index contributed by atoms with van der Waals surface area (Å²) in [4.78, 5) is 11.1. The van der Waals surface area contributed by atoms with E-state index in [1.54, 1.807) is 6.20 Å². The lowest BCUT2D eigenvalue weighted by atomic mass is 10.1. The zero-order valence-electron chi connectivity index (χ0n) is 11.0. The molecule has 0 amide bonds. The second-order valence-electron chi connectivity index (χ2n) is 4.72. The first kappa shape index (κ1) is 13.6. The Morgan fingerprint density at radius 1 is 1.56 bits per heavy atom. The number of rotatable bonds is 5. The summed E-state index contributed by atoms with van der Waals surface area (Å²) >= 11 is 3.59. The Morgan fingerprint density at radius 3 is 3.11 bits per heavy atom. The molecule has 1 aliphatic heterocycles. The Bertz CT molecular complexity index is 388. The number of hydrogen-bond donors (Lipinski definition) is 0. The molecular weight excluding hydrogens is 294 g/mol. The Balaban J connectivity index is 2.12. The third-order valence-electron chi connectivity index (χ3n) is 3.37. The van der Waals surface area contributed by atoms with Crippen LogP contribution < -0.4 is 9.64 Å². The van der Waals surface area contributed by atoms with Crippen LogP contribution in [0.25, 0.3) is 0 Å². The highest BCUT2D eigenvalue weighted by molar-refractivity contribution is 9.09. The summed E-state index contributed by atoms with van der Waals surface area (Å²) in [6, 6.07) is 2.30. The molecule has 5 heteroatoms. The predicted octanol–water partition coefficient (Wildman–Crippen LogP) is 2.88. The van der Waals surface area contributed by atoms with Gasteiger partial charge in [0, 0.05) is 30.2 Å². The van der Waals surface area contributed by atoms with Crippen molar-refractivity contribution in [3.05, 3.63) is 12.3 Å². The van der Waals surface area contributed by atoms with E-state index in [1.165, 1.54) is 6.42 Å². The fourth-order valence-electron chi connectivity index (χ4n) is 2.25. The molecule has 1 fully saturated rings. The van der Waals surface area contributed by atoms with Crippen molar-refractivity contribution in [2.45, 2.75) is 32.7 Å². The summed E-state index contributed by atoms with van der Waals surface area (Å²) in [7, 11) is 0. The van der Waals surface area contributed by atoms with Crippen molar-refractivity contribution in [3.8, 4) is 5.88 Å². The van der Waals surface area contributed by atoms with Gasteiger partial charge < -0.3 is 9.64 Å². The first-order chi connectivity index (χ1) is 8.76. The van der Waals surface area contributed by atoms with Gasteiger partial charge in [0.05, 0.1) is 6.61 Å². The van der Waals surface area contributed by atoms with Crippen LogP contribution >= 0.6 is 15.9 Å². The smallest absolute Gasteiger partial charge is 0.228 e. The highest BCUT2D eigenvalue weighted by Gasteiger charge is 2.31. The molecule has 0 aliphatic carbocycles. The highest BCUT2D eigenvalue weighted by atomic mass is 79.9. The monoisotopic (exact) mass is 313 g/mol. The molecule has 1 saturated heterocycles. The van der Waals surface area contributed by atoms with Crippen molar-refractivity contribution in [2.24, 2.45) is 5.92 Å². The van der Waals surface area contributed by atoms with Gasteiger partial charge in [-0.25, -0.2) is 4.98 Å². The van der Waals surface area contributed by atoms with Crippen LogP contribution in [0.2, 0.25) is 0 Å². The molecule has 0 radical (unpaired) electrons. The fourth-order valence-corrected chi connectivity index (χ4v) is 3.24. The normalized spacial score (nSPS) is 23.4. The average Bonchev–Trinajstić information content (AvgIpc) is 2.77. The molecule has 1 aromatic heterocycles. The topological polar surface area (TPSA) is 38.2 Å². The standard InChI is InChI=1S/C13H20BrN3O/c1-3-8-18-12-4-6-15-13(16-12)17-7-5-10(2)11(17)9-14/h4,6,10-11H,3,5,7-9H2,1-2H3. The van der Waals surface area contributed by atoms with Gasteiger partial charge in [-0.05, 0) is 18.8 Å². The molecule has 0 spiro atoms. The van der Waals surface area contributed by atoms with Crippen LogP contribution in [0.1, 0.15) is 26.7 Å². The van der Waals surface area contributed by atoms with Crippen LogP contribution in [0, 0.1) is 5.92 Å². The SMILES string of the molecule is CCCOc1ccnc(N2CCC(C)C2CBr)n1. The Morgan fingerprint density at radius 2 is 2.39 bits per heavy atom. The lowest BCUT2D eigenvalue weighted by Gasteiger charge is -2.25. The largest absolute Gasteiger partial charge is 0.478 e. The van der Waals surface area contributed by atoms with Crippen LogP contribution in [0.5, 0.6) is 5.88 Å². The van der Waals surface area contributed by atoms with E-state index in [4.69, 9.17) is 4.74 Å². The molecule has 1 aliphatic rings. The molecule has 0 N–H and O–H groups in total. The second kappa shape index (κ2) is 6.36. The minimum absolute atomic E-state index is 0.478. The molecule has 1 aromatic rings.